The molecule has 2 aliphatic rings. The predicted molar refractivity (Wildman–Crippen MR) is 174 cm³/mol. The maximum atomic E-state index is 15.3. The van der Waals surface area contributed by atoms with Crippen molar-refractivity contribution in [2.24, 2.45) is 5.73 Å². The molecule has 48 heavy (non-hydrogen) atoms. The van der Waals surface area contributed by atoms with Crippen molar-refractivity contribution in [1.29, 1.82) is 0 Å². The van der Waals surface area contributed by atoms with E-state index in [1.165, 1.54) is 27.4 Å². The van der Waals surface area contributed by atoms with Crippen LogP contribution in [0.15, 0.2) is 60.7 Å². The van der Waals surface area contributed by atoms with Crippen molar-refractivity contribution in [3.8, 4) is 0 Å². The van der Waals surface area contributed by atoms with E-state index < -0.39 is 63.1 Å². The van der Waals surface area contributed by atoms with Crippen LogP contribution in [0.4, 0.5) is 23.7 Å². The molecule has 0 aliphatic carbocycles. The first-order valence-corrected chi connectivity index (χ1v) is 17.5. The number of nitrogens with zero attached hydrogens (tertiary/aromatic N) is 2. The van der Waals surface area contributed by atoms with Crippen LogP contribution < -0.4 is 11.1 Å². The molecule has 2 aliphatic heterocycles. The second-order valence-corrected chi connectivity index (χ2v) is 14.7. The van der Waals surface area contributed by atoms with Gasteiger partial charge in [-0.2, -0.15) is 0 Å². The Labute approximate surface area is 281 Å². The van der Waals surface area contributed by atoms with Gasteiger partial charge >= 0.3 is 6.09 Å². The molecular formula is C33H36ClF3N4O6S. The lowest BCUT2D eigenvalue weighted by Gasteiger charge is -2.49. The number of anilines is 1. The highest BCUT2D eigenvalue weighted by atomic mass is 35.5. The number of morpholine rings is 1. The average Bonchev–Trinajstić information content (AvgIpc) is 3.01. The minimum Gasteiger partial charge on any atom is -0.465 e. The number of nitrogens with two attached hydrogens (primary N) is 1. The Hall–Kier alpha value is -3.69. The van der Waals surface area contributed by atoms with E-state index in [0.29, 0.717) is 29.5 Å². The summed E-state index contributed by atoms with van der Waals surface area (Å²) in [6.45, 7) is 0.476. The Balaban J connectivity index is 1.34. The zero-order valence-corrected chi connectivity index (χ0v) is 27.6. The molecule has 2 heterocycles. The number of rotatable bonds is 9. The molecule has 5 rings (SSSR count). The SMILES string of the molecule is CS(=O)(=O)N1CCC2(CC1)CN(C(=O)O)CC(CCc1c(F)cccc1NC(=O)[C@@H](N)[C@@H](c1ccc(Cl)cc1)c1cc(F)cc(F)c1)O2. The number of sulfonamides is 1. The topological polar surface area (TPSA) is 142 Å². The molecule has 2 fully saturated rings. The molecular weight excluding hydrogens is 673 g/mol. The zero-order chi connectivity index (χ0) is 34.8. The molecule has 10 nitrogen and oxygen atoms in total. The van der Waals surface area contributed by atoms with Crippen LogP contribution in [0.3, 0.4) is 0 Å². The molecule has 4 N–H and O–H groups in total. The highest BCUT2D eigenvalue weighted by Crippen LogP contribution is 2.35. The van der Waals surface area contributed by atoms with E-state index >= 15 is 4.39 Å². The summed E-state index contributed by atoms with van der Waals surface area (Å²) < 4.78 is 75.6. The van der Waals surface area contributed by atoms with Crippen LogP contribution >= 0.6 is 11.6 Å². The lowest BCUT2D eigenvalue weighted by molar-refractivity contribution is -0.166. The molecule has 0 radical (unpaired) electrons. The van der Waals surface area contributed by atoms with Gasteiger partial charge in [0.25, 0.3) is 0 Å². The normalized spacial score (nSPS) is 19.5. The summed E-state index contributed by atoms with van der Waals surface area (Å²) in [5.41, 5.74) is 6.40. The molecule has 1 spiro atoms. The molecule has 0 bridgehead atoms. The van der Waals surface area contributed by atoms with Crippen LogP contribution in [0.1, 0.15) is 41.9 Å². The molecule has 15 heteroatoms. The van der Waals surface area contributed by atoms with Gasteiger partial charge in [0.05, 0.1) is 37.1 Å². The van der Waals surface area contributed by atoms with Crippen LogP contribution in [0, 0.1) is 17.5 Å². The quantitative estimate of drug-likeness (QED) is 0.285. The van der Waals surface area contributed by atoms with E-state index in [9.17, 15) is 31.9 Å². The number of carboxylic acid groups (broad SMARTS) is 1. The zero-order valence-electron chi connectivity index (χ0n) is 26.0. The second kappa shape index (κ2) is 14.4. The van der Waals surface area contributed by atoms with E-state index in [4.69, 9.17) is 22.1 Å². The average molecular weight is 709 g/mol. The van der Waals surface area contributed by atoms with Crippen molar-refractivity contribution in [3.05, 3.63) is 99.8 Å². The number of amides is 2. The molecule has 3 atom stereocenters. The summed E-state index contributed by atoms with van der Waals surface area (Å²) in [5.74, 6) is -4.05. The van der Waals surface area contributed by atoms with Crippen LogP contribution in [-0.2, 0) is 26.0 Å². The van der Waals surface area contributed by atoms with Crippen molar-refractivity contribution < 1.29 is 41.0 Å². The van der Waals surface area contributed by atoms with Crippen molar-refractivity contribution in [1.82, 2.24) is 9.21 Å². The molecule has 3 aromatic rings. The number of hydrogen-bond acceptors (Lipinski definition) is 6. The van der Waals surface area contributed by atoms with Gasteiger partial charge in [0.2, 0.25) is 15.9 Å². The van der Waals surface area contributed by atoms with E-state index in [1.54, 1.807) is 24.3 Å². The van der Waals surface area contributed by atoms with Crippen molar-refractivity contribution >= 4 is 39.3 Å². The minimum absolute atomic E-state index is 0.0286. The number of benzene rings is 3. The summed E-state index contributed by atoms with van der Waals surface area (Å²) in [7, 11) is -3.42. The molecule has 2 amide bonds. The summed E-state index contributed by atoms with van der Waals surface area (Å²) in [5, 5.41) is 12.9. The minimum atomic E-state index is -3.42. The molecule has 2 saturated heterocycles. The lowest BCUT2D eigenvalue weighted by Crippen LogP contribution is -2.61. The maximum absolute atomic E-state index is 15.3. The summed E-state index contributed by atoms with van der Waals surface area (Å²) >= 11 is 6.04. The first-order chi connectivity index (χ1) is 22.6. The number of halogens is 4. The Kier molecular flexibility index (Phi) is 10.7. The van der Waals surface area contributed by atoms with Crippen LogP contribution in [-0.4, -0.2) is 84.9 Å². The molecule has 3 aromatic carbocycles. The van der Waals surface area contributed by atoms with E-state index in [1.807, 2.05) is 0 Å². The Morgan fingerprint density at radius 2 is 1.71 bits per heavy atom. The van der Waals surface area contributed by atoms with Crippen molar-refractivity contribution in [2.45, 2.75) is 49.3 Å². The summed E-state index contributed by atoms with van der Waals surface area (Å²) in [6, 6.07) is 12.0. The van der Waals surface area contributed by atoms with Crippen molar-refractivity contribution in [3.63, 3.8) is 0 Å². The third-order valence-electron chi connectivity index (χ3n) is 8.92. The van der Waals surface area contributed by atoms with Gasteiger partial charge in [-0.15, -0.1) is 0 Å². The smallest absolute Gasteiger partial charge is 0.407 e. The fourth-order valence-electron chi connectivity index (χ4n) is 6.52. The monoisotopic (exact) mass is 708 g/mol. The first kappa shape index (κ1) is 35.6. The van der Waals surface area contributed by atoms with Gasteiger partial charge in [-0.3, -0.25) is 4.79 Å². The third kappa shape index (κ3) is 8.29. The molecule has 0 aromatic heterocycles. The van der Waals surface area contributed by atoms with Gasteiger partial charge in [-0.1, -0.05) is 29.8 Å². The fourth-order valence-corrected chi connectivity index (χ4v) is 7.49. The Morgan fingerprint density at radius 3 is 2.31 bits per heavy atom. The van der Waals surface area contributed by atoms with Gasteiger partial charge in [0.15, 0.2) is 0 Å². The van der Waals surface area contributed by atoms with Gasteiger partial charge in [0.1, 0.15) is 17.5 Å². The number of nitrogens with one attached hydrogen (secondary N) is 1. The number of ether oxygens (including phenoxy) is 1. The van der Waals surface area contributed by atoms with Crippen LogP contribution in [0.5, 0.6) is 0 Å². The van der Waals surface area contributed by atoms with E-state index in [-0.39, 0.29) is 55.8 Å². The molecule has 258 valence electrons. The largest absolute Gasteiger partial charge is 0.465 e. The number of hydrogen-bond donors (Lipinski definition) is 3. The maximum Gasteiger partial charge on any atom is 0.407 e. The molecule has 1 unspecified atom stereocenters. The number of carbonyl (C=O) groups is 2. The standard InChI is InChI=1S/C33H36ClF3N4O6S/c1-48(45,46)41-13-11-33(12-14-41)19-40(32(43)44)18-25(47-33)9-10-26-27(37)3-2-4-28(26)39-31(42)30(38)29(20-5-7-22(34)8-6-20)21-15-23(35)17-24(36)16-21/h2-8,15-17,25,29-30H,9-14,18-19,38H2,1H3,(H,39,42)(H,43,44)/t25?,29-,30-/m0/s1. The van der Waals surface area contributed by atoms with Crippen LogP contribution in [0.25, 0.3) is 0 Å². The van der Waals surface area contributed by atoms with Gasteiger partial charge < -0.3 is 25.8 Å². The van der Waals surface area contributed by atoms with Crippen LogP contribution in [0.2, 0.25) is 5.02 Å². The van der Waals surface area contributed by atoms with Gasteiger partial charge in [-0.25, -0.2) is 30.7 Å². The highest BCUT2D eigenvalue weighted by molar-refractivity contribution is 7.88. The van der Waals surface area contributed by atoms with E-state index in [2.05, 4.69) is 5.32 Å². The lowest BCUT2D eigenvalue weighted by atomic mass is 9.84. The number of carbonyl (C=O) groups excluding carboxylic acids is 1. The second-order valence-electron chi connectivity index (χ2n) is 12.3. The predicted octanol–water partition coefficient (Wildman–Crippen LogP) is 4.96. The molecule has 0 saturated carbocycles. The first-order valence-electron chi connectivity index (χ1n) is 15.3. The van der Waals surface area contributed by atoms with Gasteiger partial charge in [0, 0.05) is 41.3 Å². The van der Waals surface area contributed by atoms with Crippen molar-refractivity contribution in [2.75, 3.05) is 37.8 Å². The highest BCUT2D eigenvalue weighted by Gasteiger charge is 2.45. The Bertz CT molecular complexity index is 1750. The third-order valence-corrected chi connectivity index (χ3v) is 10.5. The number of piperidine rings is 1. The van der Waals surface area contributed by atoms with E-state index in [0.717, 1.165) is 18.4 Å². The summed E-state index contributed by atoms with van der Waals surface area (Å²) in [4.78, 5) is 26.9. The Morgan fingerprint density at radius 1 is 1.06 bits per heavy atom. The van der Waals surface area contributed by atoms with Gasteiger partial charge in [-0.05, 0) is 73.2 Å². The fraction of sp³-hybridized carbons (Fsp3) is 0.394. The summed E-state index contributed by atoms with van der Waals surface area (Å²) in [6.07, 6.45) is 0.170.